The Morgan fingerprint density at radius 3 is 2.35 bits per heavy atom. The van der Waals surface area contributed by atoms with Gasteiger partial charge in [0.05, 0.1) is 12.6 Å². The molecule has 2 atom stereocenters. The average Bonchev–Trinajstić information content (AvgIpc) is 2.89. The molecule has 1 aliphatic heterocycles. The van der Waals surface area contributed by atoms with Crippen molar-refractivity contribution in [2.75, 3.05) is 18.1 Å². The first-order valence-electron chi connectivity index (χ1n) is 7.29. The molecule has 0 aliphatic carbocycles. The summed E-state index contributed by atoms with van der Waals surface area (Å²) >= 11 is 0. The summed E-state index contributed by atoms with van der Waals surface area (Å²) in [7, 11) is 0. The molecule has 3 rings (SSSR count). The molecular formula is C17H16F3NO2. The van der Waals surface area contributed by atoms with Crippen LogP contribution in [0.25, 0.3) is 0 Å². The number of hydrogen-bond donors (Lipinski definition) is 2. The second-order valence-electron chi connectivity index (χ2n) is 5.61. The standard InChI is InChI=1S/C17H16F3NO2/c18-12-2-1-10-3-4-21(15(10)8-12)17(16(23)9-22)11-5-13(19)7-14(20)6-11/h1-2,5-8,16-17,22-23H,3-4,9H2/t16-,17+/m1/s1. The lowest BCUT2D eigenvalue weighted by Crippen LogP contribution is -2.37. The maximum absolute atomic E-state index is 13.6. The van der Waals surface area contributed by atoms with E-state index in [2.05, 4.69) is 0 Å². The van der Waals surface area contributed by atoms with E-state index in [4.69, 9.17) is 0 Å². The molecule has 3 nitrogen and oxygen atoms in total. The molecule has 0 saturated carbocycles. The second-order valence-corrected chi connectivity index (χ2v) is 5.61. The molecule has 0 saturated heterocycles. The van der Waals surface area contributed by atoms with Crippen LogP contribution in [0.1, 0.15) is 17.2 Å². The Bertz CT molecular complexity index is 703. The first kappa shape index (κ1) is 15.8. The van der Waals surface area contributed by atoms with Gasteiger partial charge in [-0.2, -0.15) is 0 Å². The molecular weight excluding hydrogens is 307 g/mol. The molecule has 0 unspecified atom stereocenters. The molecule has 2 aromatic carbocycles. The van der Waals surface area contributed by atoms with E-state index in [9.17, 15) is 23.4 Å². The average molecular weight is 323 g/mol. The van der Waals surface area contributed by atoms with E-state index in [0.717, 1.165) is 23.8 Å². The van der Waals surface area contributed by atoms with Crippen molar-refractivity contribution in [3.8, 4) is 0 Å². The highest BCUT2D eigenvalue weighted by atomic mass is 19.1. The van der Waals surface area contributed by atoms with E-state index < -0.39 is 36.2 Å². The predicted octanol–water partition coefficient (Wildman–Crippen LogP) is 2.56. The molecule has 0 aromatic heterocycles. The van der Waals surface area contributed by atoms with E-state index >= 15 is 0 Å². The summed E-state index contributed by atoms with van der Waals surface area (Å²) in [6, 6.07) is 6.43. The molecule has 1 heterocycles. The van der Waals surface area contributed by atoms with Crippen LogP contribution in [0.3, 0.4) is 0 Å². The molecule has 0 radical (unpaired) electrons. The lowest BCUT2D eigenvalue weighted by molar-refractivity contribution is 0.0715. The van der Waals surface area contributed by atoms with Crippen molar-refractivity contribution in [1.29, 1.82) is 0 Å². The lowest BCUT2D eigenvalue weighted by Gasteiger charge is -2.33. The van der Waals surface area contributed by atoms with Gasteiger partial charge >= 0.3 is 0 Å². The molecule has 2 aromatic rings. The smallest absolute Gasteiger partial charge is 0.126 e. The predicted molar refractivity (Wildman–Crippen MR) is 79.6 cm³/mol. The van der Waals surface area contributed by atoms with Crippen LogP contribution in [0.4, 0.5) is 18.9 Å². The van der Waals surface area contributed by atoms with Crippen molar-refractivity contribution in [1.82, 2.24) is 0 Å². The number of benzene rings is 2. The van der Waals surface area contributed by atoms with Gasteiger partial charge in [-0.05, 0) is 41.8 Å². The Balaban J connectivity index is 2.07. The van der Waals surface area contributed by atoms with E-state index in [-0.39, 0.29) is 5.56 Å². The third kappa shape index (κ3) is 3.04. The van der Waals surface area contributed by atoms with Crippen LogP contribution in [0.5, 0.6) is 0 Å². The van der Waals surface area contributed by atoms with Gasteiger partial charge in [0.1, 0.15) is 23.6 Å². The van der Waals surface area contributed by atoms with E-state index in [0.29, 0.717) is 18.7 Å². The quantitative estimate of drug-likeness (QED) is 0.909. The van der Waals surface area contributed by atoms with E-state index in [1.807, 2.05) is 0 Å². The maximum Gasteiger partial charge on any atom is 0.126 e. The molecule has 0 bridgehead atoms. The van der Waals surface area contributed by atoms with Gasteiger partial charge in [0, 0.05) is 18.3 Å². The normalized spacial score (nSPS) is 16.3. The van der Waals surface area contributed by atoms with Gasteiger partial charge < -0.3 is 15.1 Å². The minimum atomic E-state index is -1.26. The Labute approximate surface area is 131 Å². The van der Waals surface area contributed by atoms with E-state index in [1.165, 1.54) is 12.1 Å². The summed E-state index contributed by atoms with van der Waals surface area (Å²) in [6.45, 7) is -0.122. The molecule has 122 valence electrons. The van der Waals surface area contributed by atoms with E-state index in [1.54, 1.807) is 11.0 Å². The van der Waals surface area contributed by atoms with Crippen LogP contribution in [0.15, 0.2) is 36.4 Å². The third-order valence-electron chi connectivity index (χ3n) is 4.09. The number of aliphatic hydroxyl groups excluding tert-OH is 2. The van der Waals surface area contributed by atoms with Crippen molar-refractivity contribution in [3.05, 3.63) is 65.0 Å². The fourth-order valence-electron chi connectivity index (χ4n) is 3.12. The van der Waals surface area contributed by atoms with Crippen molar-refractivity contribution >= 4 is 5.69 Å². The van der Waals surface area contributed by atoms with Crippen LogP contribution in [-0.2, 0) is 6.42 Å². The first-order chi connectivity index (χ1) is 11.0. The molecule has 0 spiro atoms. The largest absolute Gasteiger partial charge is 0.394 e. The zero-order valence-electron chi connectivity index (χ0n) is 12.2. The Hall–Kier alpha value is -2.05. The van der Waals surface area contributed by atoms with Gasteiger partial charge in [-0.15, -0.1) is 0 Å². The molecule has 2 N–H and O–H groups in total. The number of aliphatic hydroxyl groups is 2. The third-order valence-corrected chi connectivity index (χ3v) is 4.09. The number of nitrogens with zero attached hydrogens (tertiary/aromatic N) is 1. The van der Waals surface area contributed by atoms with Crippen molar-refractivity contribution < 1.29 is 23.4 Å². The summed E-state index contributed by atoms with van der Waals surface area (Å²) in [5.74, 6) is -1.97. The zero-order valence-corrected chi connectivity index (χ0v) is 12.2. The highest BCUT2D eigenvalue weighted by Crippen LogP contribution is 2.37. The minimum absolute atomic E-state index is 0.196. The van der Waals surface area contributed by atoms with Crippen LogP contribution < -0.4 is 4.90 Å². The van der Waals surface area contributed by atoms with Gasteiger partial charge in [0.2, 0.25) is 0 Å². The number of hydrogen-bond acceptors (Lipinski definition) is 3. The zero-order chi connectivity index (χ0) is 16.6. The fourth-order valence-corrected chi connectivity index (χ4v) is 3.12. The Morgan fingerprint density at radius 1 is 1.00 bits per heavy atom. The van der Waals surface area contributed by atoms with Gasteiger partial charge in [-0.25, -0.2) is 13.2 Å². The topological polar surface area (TPSA) is 43.7 Å². The summed E-state index contributed by atoms with van der Waals surface area (Å²) in [5.41, 5.74) is 1.65. The molecule has 1 aliphatic rings. The highest BCUT2D eigenvalue weighted by molar-refractivity contribution is 5.60. The van der Waals surface area contributed by atoms with Crippen LogP contribution >= 0.6 is 0 Å². The number of fused-ring (bicyclic) bond motifs is 1. The minimum Gasteiger partial charge on any atom is -0.394 e. The highest BCUT2D eigenvalue weighted by Gasteiger charge is 2.32. The molecule has 23 heavy (non-hydrogen) atoms. The van der Waals surface area contributed by atoms with Crippen LogP contribution in [0.2, 0.25) is 0 Å². The van der Waals surface area contributed by atoms with Gasteiger partial charge in [0.25, 0.3) is 0 Å². The SMILES string of the molecule is OC[C@@H](O)[C@H](c1cc(F)cc(F)c1)N1CCc2ccc(F)cc21. The molecule has 0 amide bonds. The second kappa shape index (κ2) is 6.22. The Kier molecular flexibility index (Phi) is 4.28. The monoisotopic (exact) mass is 323 g/mol. The summed E-state index contributed by atoms with van der Waals surface area (Å²) < 4.78 is 40.6. The van der Waals surface area contributed by atoms with Crippen LogP contribution in [0, 0.1) is 17.5 Å². The lowest BCUT2D eigenvalue weighted by atomic mass is 9.99. The summed E-state index contributed by atoms with van der Waals surface area (Å²) in [5, 5.41) is 19.5. The number of rotatable bonds is 4. The molecule has 0 fully saturated rings. The Morgan fingerprint density at radius 2 is 1.70 bits per heavy atom. The maximum atomic E-state index is 13.6. The van der Waals surface area contributed by atoms with Gasteiger partial charge in [-0.3, -0.25) is 0 Å². The molecule has 6 heteroatoms. The number of anilines is 1. The summed E-state index contributed by atoms with van der Waals surface area (Å²) in [6.07, 6.45) is -0.632. The fraction of sp³-hybridized carbons (Fsp3) is 0.294. The number of halogens is 3. The summed E-state index contributed by atoms with van der Waals surface area (Å²) in [4.78, 5) is 1.67. The van der Waals surface area contributed by atoms with Crippen LogP contribution in [-0.4, -0.2) is 29.5 Å². The van der Waals surface area contributed by atoms with Crippen molar-refractivity contribution in [2.45, 2.75) is 18.6 Å². The van der Waals surface area contributed by atoms with Gasteiger partial charge in [-0.1, -0.05) is 6.07 Å². The van der Waals surface area contributed by atoms with Crippen molar-refractivity contribution in [2.24, 2.45) is 0 Å². The van der Waals surface area contributed by atoms with Gasteiger partial charge in [0.15, 0.2) is 0 Å². The first-order valence-corrected chi connectivity index (χ1v) is 7.29. The van der Waals surface area contributed by atoms with Crippen molar-refractivity contribution in [3.63, 3.8) is 0 Å².